The van der Waals surface area contributed by atoms with Crippen molar-refractivity contribution in [3.05, 3.63) is 78.9 Å². The number of ether oxygens (including phenoxy) is 2. The molecule has 0 bridgehead atoms. The number of anilines is 1. The van der Waals surface area contributed by atoms with Gasteiger partial charge in [0.05, 0.1) is 12.8 Å². The molecule has 1 amide bonds. The molecule has 0 aliphatic carbocycles. The van der Waals surface area contributed by atoms with Gasteiger partial charge in [-0.1, -0.05) is 18.2 Å². The van der Waals surface area contributed by atoms with Gasteiger partial charge in [-0.3, -0.25) is 4.79 Å². The molecule has 4 aromatic rings. The molecule has 0 aliphatic heterocycles. The van der Waals surface area contributed by atoms with Crippen LogP contribution < -0.4 is 14.8 Å². The molecule has 1 aromatic carbocycles. The van der Waals surface area contributed by atoms with Crippen molar-refractivity contribution < 1.29 is 14.3 Å². The van der Waals surface area contributed by atoms with Crippen LogP contribution in [0.25, 0.3) is 5.65 Å². The van der Waals surface area contributed by atoms with E-state index in [1.807, 2.05) is 37.3 Å². The van der Waals surface area contributed by atoms with Crippen LogP contribution in [0.15, 0.2) is 73.2 Å². The summed E-state index contributed by atoms with van der Waals surface area (Å²) in [7, 11) is 0. The van der Waals surface area contributed by atoms with Crippen LogP contribution in [0.3, 0.4) is 0 Å². The first-order valence-electron chi connectivity index (χ1n) is 8.84. The smallest absolute Gasteiger partial charge is 0.275 e. The summed E-state index contributed by atoms with van der Waals surface area (Å²) in [5, 5.41) is 2.82. The van der Waals surface area contributed by atoms with E-state index in [9.17, 15) is 4.79 Å². The minimum atomic E-state index is -0.277. The highest BCUT2D eigenvalue weighted by atomic mass is 16.5. The molecule has 1 N–H and O–H groups in total. The van der Waals surface area contributed by atoms with Gasteiger partial charge in [-0.25, -0.2) is 9.97 Å². The van der Waals surface area contributed by atoms with E-state index < -0.39 is 0 Å². The van der Waals surface area contributed by atoms with Gasteiger partial charge in [-0.15, -0.1) is 0 Å². The van der Waals surface area contributed by atoms with Gasteiger partial charge >= 0.3 is 0 Å². The number of para-hydroxylation sites is 1. The zero-order valence-corrected chi connectivity index (χ0v) is 15.2. The summed E-state index contributed by atoms with van der Waals surface area (Å²) in [4.78, 5) is 21.0. The molecule has 0 unspecified atom stereocenters. The molecule has 3 heterocycles. The first-order valence-corrected chi connectivity index (χ1v) is 8.84. The van der Waals surface area contributed by atoms with Gasteiger partial charge in [-0.05, 0) is 43.3 Å². The first kappa shape index (κ1) is 17.5. The third-order valence-corrected chi connectivity index (χ3v) is 3.94. The number of pyridine rings is 2. The van der Waals surface area contributed by atoms with E-state index in [-0.39, 0.29) is 5.91 Å². The molecule has 0 aliphatic rings. The van der Waals surface area contributed by atoms with E-state index in [2.05, 4.69) is 15.3 Å². The Kier molecular flexibility index (Phi) is 4.88. The molecule has 28 heavy (non-hydrogen) atoms. The monoisotopic (exact) mass is 374 g/mol. The Morgan fingerprint density at radius 1 is 1.07 bits per heavy atom. The lowest BCUT2D eigenvalue weighted by Crippen LogP contribution is -2.11. The third-order valence-electron chi connectivity index (χ3n) is 3.94. The Balaban J connectivity index is 1.56. The molecule has 0 fully saturated rings. The van der Waals surface area contributed by atoms with E-state index in [1.165, 1.54) is 0 Å². The number of rotatable bonds is 6. The lowest BCUT2D eigenvalue weighted by Gasteiger charge is -2.09. The maximum absolute atomic E-state index is 12.4. The van der Waals surface area contributed by atoms with Gasteiger partial charge in [-0.2, -0.15) is 0 Å². The van der Waals surface area contributed by atoms with E-state index in [1.54, 1.807) is 47.3 Å². The summed E-state index contributed by atoms with van der Waals surface area (Å²) in [6.07, 6.45) is 5.04. The largest absolute Gasteiger partial charge is 0.488 e. The average molecular weight is 374 g/mol. The third kappa shape index (κ3) is 3.78. The van der Waals surface area contributed by atoms with E-state index >= 15 is 0 Å². The van der Waals surface area contributed by atoms with Gasteiger partial charge < -0.3 is 19.2 Å². The quantitative estimate of drug-likeness (QED) is 0.548. The Hall–Kier alpha value is -3.87. The second kappa shape index (κ2) is 7.79. The van der Waals surface area contributed by atoms with Crippen LogP contribution in [0.1, 0.15) is 17.4 Å². The van der Waals surface area contributed by atoms with Crippen molar-refractivity contribution in [3.63, 3.8) is 0 Å². The standard InChI is InChI=1S/C21H18N4O3/c1-2-27-18-9-6-12-22-21(18)28-16-10-11-19-24-17(14-25(19)13-16)20(26)23-15-7-4-3-5-8-15/h3-14H,2H2,1H3,(H,23,26). The second-order valence-corrected chi connectivity index (χ2v) is 5.92. The van der Waals surface area contributed by atoms with Crippen molar-refractivity contribution >= 4 is 17.2 Å². The number of imidazole rings is 1. The van der Waals surface area contributed by atoms with Gasteiger partial charge in [0.15, 0.2) is 5.75 Å². The van der Waals surface area contributed by atoms with Crippen LogP contribution in [0.2, 0.25) is 0 Å². The molecule has 0 radical (unpaired) electrons. The Bertz CT molecular complexity index is 1110. The number of hydrogen-bond acceptors (Lipinski definition) is 5. The summed E-state index contributed by atoms with van der Waals surface area (Å²) in [6.45, 7) is 2.42. The normalized spacial score (nSPS) is 10.6. The second-order valence-electron chi connectivity index (χ2n) is 5.92. The Morgan fingerprint density at radius 2 is 1.93 bits per heavy atom. The first-order chi connectivity index (χ1) is 13.7. The molecule has 7 nitrogen and oxygen atoms in total. The molecule has 140 valence electrons. The van der Waals surface area contributed by atoms with Crippen LogP contribution in [-0.2, 0) is 0 Å². The maximum atomic E-state index is 12.4. The van der Waals surface area contributed by atoms with E-state index in [4.69, 9.17) is 9.47 Å². The van der Waals surface area contributed by atoms with Crippen LogP contribution in [0, 0.1) is 0 Å². The van der Waals surface area contributed by atoms with Crippen molar-refractivity contribution in [1.29, 1.82) is 0 Å². The van der Waals surface area contributed by atoms with Gasteiger partial charge in [0.2, 0.25) is 0 Å². The highest BCUT2D eigenvalue weighted by Gasteiger charge is 2.12. The van der Waals surface area contributed by atoms with Gasteiger partial charge in [0.1, 0.15) is 17.1 Å². The lowest BCUT2D eigenvalue weighted by atomic mass is 10.3. The fourth-order valence-electron chi connectivity index (χ4n) is 2.69. The topological polar surface area (TPSA) is 77.8 Å². The minimum absolute atomic E-state index is 0.277. The van der Waals surface area contributed by atoms with Crippen molar-refractivity contribution in [2.24, 2.45) is 0 Å². The fourth-order valence-corrected chi connectivity index (χ4v) is 2.69. The summed E-state index contributed by atoms with van der Waals surface area (Å²) in [5.74, 6) is 1.23. The number of benzene rings is 1. The molecule has 0 saturated heterocycles. The molecular formula is C21H18N4O3. The van der Waals surface area contributed by atoms with Crippen molar-refractivity contribution in [2.45, 2.75) is 6.92 Å². The minimum Gasteiger partial charge on any atom is -0.488 e. The number of carbonyl (C=O) groups is 1. The number of nitrogens with one attached hydrogen (secondary N) is 1. The molecule has 0 saturated carbocycles. The Labute approximate surface area is 161 Å². The zero-order valence-electron chi connectivity index (χ0n) is 15.2. The van der Waals surface area contributed by atoms with E-state index in [0.717, 1.165) is 0 Å². The highest BCUT2D eigenvalue weighted by molar-refractivity contribution is 6.03. The van der Waals surface area contributed by atoms with Crippen molar-refractivity contribution in [2.75, 3.05) is 11.9 Å². The summed E-state index contributed by atoms with van der Waals surface area (Å²) in [5.41, 5.74) is 1.66. The molecular weight excluding hydrogens is 356 g/mol. The van der Waals surface area contributed by atoms with Crippen LogP contribution in [-0.4, -0.2) is 26.9 Å². The fraction of sp³-hybridized carbons (Fsp3) is 0.0952. The molecule has 0 atom stereocenters. The number of fused-ring (bicyclic) bond motifs is 1. The zero-order chi connectivity index (χ0) is 19.3. The van der Waals surface area contributed by atoms with Crippen LogP contribution >= 0.6 is 0 Å². The van der Waals surface area contributed by atoms with Crippen molar-refractivity contribution in [1.82, 2.24) is 14.4 Å². The Morgan fingerprint density at radius 3 is 2.75 bits per heavy atom. The molecule has 0 spiro atoms. The van der Waals surface area contributed by atoms with Gasteiger partial charge in [0.25, 0.3) is 11.8 Å². The lowest BCUT2D eigenvalue weighted by molar-refractivity contribution is 0.102. The number of carbonyl (C=O) groups excluding carboxylic acids is 1. The molecule has 3 aromatic heterocycles. The van der Waals surface area contributed by atoms with Crippen molar-refractivity contribution in [3.8, 4) is 17.4 Å². The maximum Gasteiger partial charge on any atom is 0.275 e. The number of hydrogen-bond donors (Lipinski definition) is 1. The van der Waals surface area contributed by atoms with Crippen LogP contribution in [0.5, 0.6) is 17.4 Å². The predicted molar refractivity (Wildman–Crippen MR) is 105 cm³/mol. The summed E-state index contributed by atoms with van der Waals surface area (Å²) in [6, 6.07) is 16.4. The summed E-state index contributed by atoms with van der Waals surface area (Å²) < 4.78 is 13.1. The van der Waals surface area contributed by atoms with Crippen LogP contribution in [0.4, 0.5) is 5.69 Å². The highest BCUT2D eigenvalue weighted by Crippen LogP contribution is 2.29. The SMILES string of the molecule is CCOc1cccnc1Oc1ccc2nc(C(=O)Nc3ccccc3)cn2c1. The average Bonchev–Trinajstić information content (AvgIpc) is 3.14. The number of nitrogens with zero attached hydrogens (tertiary/aromatic N) is 3. The molecule has 4 rings (SSSR count). The predicted octanol–water partition coefficient (Wildman–Crippen LogP) is 4.17. The summed E-state index contributed by atoms with van der Waals surface area (Å²) >= 11 is 0. The number of amides is 1. The molecule has 7 heteroatoms. The van der Waals surface area contributed by atoms with Gasteiger partial charge in [0, 0.05) is 18.1 Å². The number of aromatic nitrogens is 3. The van der Waals surface area contributed by atoms with E-state index in [0.29, 0.717) is 41.0 Å².